The second kappa shape index (κ2) is 10.3. The van der Waals surface area contributed by atoms with Gasteiger partial charge in [0.05, 0.1) is 13.2 Å². The molecule has 3 amide bonds. The number of carbonyl (C=O) groups is 3. The Hall–Kier alpha value is -4.67. The average Bonchev–Trinajstić information content (AvgIpc) is 3.49. The van der Waals surface area contributed by atoms with Crippen molar-refractivity contribution in [3.63, 3.8) is 0 Å². The van der Waals surface area contributed by atoms with Crippen LogP contribution in [0.25, 0.3) is 11.3 Å². The van der Waals surface area contributed by atoms with Gasteiger partial charge in [-0.1, -0.05) is 18.2 Å². The molecule has 0 bridgehead atoms. The minimum absolute atomic E-state index is 0.0214. The minimum atomic E-state index is -0.749. The number of hydrogen-bond acceptors (Lipinski definition) is 7. The molecule has 2 aromatic heterocycles. The van der Waals surface area contributed by atoms with Crippen LogP contribution in [0.15, 0.2) is 54.7 Å². The molecule has 1 aromatic carbocycles. The van der Waals surface area contributed by atoms with Crippen LogP contribution < -0.4 is 21.6 Å². The second-order valence-electron chi connectivity index (χ2n) is 8.20. The van der Waals surface area contributed by atoms with E-state index in [9.17, 15) is 14.4 Å². The van der Waals surface area contributed by atoms with E-state index in [4.69, 9.17) is 16.3 Å². The van der Waals surface area contributed by atoms with Crippen molar-refractivity contribution in [2.24, 2.45) is 5.73 Å². The fraction of sp³-hybridized carbons (Fsp3) is 0.240. The molecule has 0 aliphatic carbocycles. The fourth-order valence-electron chi connectivity index (χ4n) is 4.23. The molecule has 1 atom stereocenters. The van der Waals surface area contributed by atoms with E-state index in [-0.39, 0.29) is 29.2 Å². The van der Waals surface area contributed by atoms with Gasteiger partial charge < -0.3 is 26.5 Å². The molecule has 11 nitrogen and oxygen atoms in total. The maximum absolute atomic E-state index is 12.7. The Morgan fingerprint density at radius 1 is 1.19 bits per heavy atom. The number of pyridine rings is 1. The van der Waals surface area contributed by atoms with Crippen molar-refractivity contribution in [3.05, 3.63) is 71.8 Å². The number of nitrogens with one attached hydrogen (secondary N) is 1. The monoisotopic (exact) mass is 489 g/mol. The quantitative estimate of drug-likeness (QED) is 0.339. The Labute approximate surface area is 207 Å². The highest BCUT2D eigenvalue weighted by Crippen LogP contribution is 2.34. The van der Waals surface area contributed by atoms with E-state index in [1.165, 1.54) is 24.1 Å². The topological polar surface area (TPSA) is 158 Å². The molecule has 3 heterocycles. The van der Waals surface area contributed by atoms with Gasteiger partial charge in [-0.25, -0.2) is 14.6 Å². The first kappa shape index (κ1) is 24.5. The van der Waals surface area contributed by atoms with Crippen molar-refractivity contribution in [3.8, 4) is 17.0 Å². The highest BCUT2D eigenvalue weighted by atomic mass is 16.5. The van der Waals surface area contributed by atoms with Crippen LogP contribution in [0.3, 0.4) is 0 Å². The van der Waals surface area contributed by atoms with Crippen LogP contribution in [0.2, 0.25) is 0 Å². The number of primary amides is 1. The maximum Gasteiger partial charge on any atom is 0.269 e. The Kier molecular flexibility index (Phi) is 7.00. The van der Waals surface area contributed by atoms with E-state index in [1.807, 2.05) is 0 Å². The number of allylic oxidation sites excluding steroid dienone is 1. The average molecular weight is 490 g/mol. The van der Waals surface area contributed by atoms with Crippen LogP contribution in [0.5, 0.6) is 5.75 Å². The van der Waals surface area contributed by atoms with Crippen molar-refractivity contribution in [1.82, 2.24) is 19.5 Å². The van der Waals surface area contributed by atoms with E-state index in [2.05, 4.69) is 15.3 Å². The minimum Gasteiger partial charge on any atom is -0.497 e. The Bertz CT molecular complexity index is 1330. The number of nitrogen functional groups attached to an aromatic ring is 1. The Morgan fingerprint density at radius 3 is 2.61 bits per heavy atom. The number of amides is 3. The van der Waals surface area contributed by atoms with Gasteiger partial charge in [0.2, 0.25) is 5.91 Å². The summed E-state index contributed by atoms with van der Waals surface area (Å²) in [5.74, 6) is 6.29. The third-order valence-electron chi connectivity index (χ3n) is 5.94. The lowest BCUT2D eigenvalue weighted by Crippen LogP contribution is -2.33. The summed E-state index contributed by atoms with van der Waals surface area (Å²) >= 11 is 0. The van der Waals surface area contributed by atoms with Crippen molar-refractivity contribution < 1.29 is 19.1 Å². The van der Waals surface area contributed by atoms with E-state index in [1.54, 1.807) is 54.3 Å². The summed E-state index contributed by atoms with van der Waals surface area (Å²) in [4.78, 5) is 47.9. The third kappa shape index (κ3) is 4.76. The maximum atomic E-state index is 12.7. The molecule has 1 aliphatic heterocycles. The molecule has 1 aliphatic rings. The van der Waals surface area contributed by atoms with Crippen LogP contribution in [-0.4, -0.2) is 50.9 Å². The molecule has 3 aromatic rings. The summed E-state index contributed by atoms with van der Waals surface area (Å²) in [6, 6.07) is 9.41. The molecule has 4 rings (SSSR count). The van der Waals surface area contributed by atoms with Gasteiger partial charge in [-0.3, -0.25) is 14.4 Å². The molecule has 0 saturated carbocycles. The number of methoxy groups -OCH3 is 1. The molecule has 11 heteroatoms. The number of likely N-dealkylation sites (tertiary alicyclic amines) is 1. The van der Waals surface area contributed by atoms with Crippen LogP contribution in [-0.2, 0) is 4.79 Å². The van der Waals surface area contributed by atoms with Crippen molar-refractivity contribution >= 4 is 23.5 Å². The van der Waals surface area contributed by atoms with Crippen molar-refractivity contribution in [2.75, 3.05) is 24.8 Å². The number of rotatable bonds is 7. The summed E-state index contributed by atoms with van der Waals surface area (Å²) < 4.78 is 6.31. The lowest BCUT2D eigenvalue weighted by Gasteiger charge is -2.22. The molecular formula is C25H27N7O4. The number of aromatic nitrogens is 3. The first-order valence-corrected chi connectivity index (χ1v) is 11.4. The molecular weight excluding hydrogens is 462 g/mol. The molecule has 36 heavy (non-hydrogen) atoms. The van der Waals surface area contributed by atoms with Crippen molar-refractivity contribution in [1.29, 1.82) is 0 Å². The molecule has 0 radical (unpaired) electrons. The fourth-order valence-corrected chi connectivity index (χ4v) is 4.23. The lowest BCUT2D eigenvalue weighted by molar-refractivity contribution is -0.127. The van der Waals surface area contributed by atoms with Gasteiger partial charge in [-0.15, -0.1) is 0 Å². The Balaban J connectivity index is 1.62. The van der Waals surface area contributed by atoms with E-state index < -0.39 is 5.91 Å². The van der Waals surface area contributed by atoms with Gasteiger partial charge in [0.1, 0.15) is 17.3 Å². The lowest BCUT2D eigenvalue weighted by atomic mass is 10.1. The summed E-state index contributed by atoms with van der Waals surface area (Å²) in [5.41, 5.74) is 6.87. The second-order valence-corrected chi connectivity index (χ2v) is 8.20. The van der Waals surface area contributed by atoms with E-state index in [0.29, 0.717) is 41.5 Å². The van der Waals surface area contributed by atoms with Gasteiger partial charge >= 0.3 is 0 Å². The SMILES string of the molecule is CC=CC(=O)N1CCCC1c1nc(-c2ccc(C(=O)Nc3cc(OC)ccn3)cc2)c(C(N)=O)n1N. The van der Waals surface area contributed by atoms with Crippen LogP contribution in [0.4, 0.5) is 5.82 Å². The zero-order valence-electron chi connectivity index (χ0n) is 20.0. The number of imidazole rings is 1. The van der Waals surface area contributed by atoms with Gasteiger partial charge in [0.15, 0.2) is 11.5 Å². The number of nitrogens with zero attached hydrogens (tertiary/aromatic N) is 4. The van der Waals surface area contributed by atoms with Gasteiger partial charge in [-0.05, 0) is 44.0 Å². The predicted molar refractivity (Wildman–Crippen MR) is 134 cm³/mol. The number of anilines is 1. The van der Waals surface area contributed by atoms with Gasteiger partial charge in [0, 0.05) is 29.9 Å². The first-order chi connectivity index (χ1) is 17.3. The van der Waals surface area contributed by atoms with E-state index in [0.717, 1.165) is 6.42 Å². The number of carbonyl (C=O) groups excluding carboxylic acids is 3. The van der Waals surface area contributed by atoms with Crippen LogP contribution >= 0.6 is 0 Å². The summed E-state index contributed by atoms with van der Waals surface area (Å²) in [5, 5.41) is 2.71. The van der Waals surface area contributed by atoms with Gasteiger partial charge in [0.25, 0.3) is 11.8 Å². The molecule has 1 fully saturated rings. The van der Waals surface area contributed by atoms with Crippen LogP contribution in [0, 0.1) is 0 Å². The van der Waals surface area contributed by atoms with Crippen LogP contribution in [0.1, 0.15) is 52.5 Å². The zero-order chi connectivity index (χ0) is 25.8. The normalized spacial score (nSPS) is 15.3. The standard InChI is InChI=1S/C25H27N7O4/c1-3-5-20(33)31-13-4-6-18(31)24-30-21(22(23(26)34)32(24)27)15-7-9-16(10-8-15)25(35)29-19-14-17(36-2)11-12-28-19/h3,5,7-12,14,18H,4,6,13,27H2,1-2H3,(H2,26,34)(H,28,29,35). The molecule has 0 spiro atoms. The highest BCUT2D eigenvalue weighted by Gasteiger charge is 2.34. The summed E-state index contributed by atoms with van der Waals surface area (Å²) in [7, 11) is 1.53. The number of nitrogens with two attached hydrogens (primary N) is 2. The summed E-state index contributed by atoms with van der Waals surface area (Å²) in [6.07, 6.45) is 6.14. The summed E-state index contributed by atoms with van der Waals surface area (Å²) in [6.45, 7) is 2.33. The third-order valence-corrected chi connectivity index (χ3v) is 5.94. The number of hydrogen-bond donors (Lipinski definition) is 3. The zero-order valence-corrected chi connectivity index (χ0v) is 20.0. The first-order valence-electron chi connectivity index (χ1n) is 11.4. The Morgan fingerprint density at radius 2 is 1.94 bits per heavy atom. The van der Waals surface area contributed by atoms with Crippen molar-refractivity contribution in [2.45, 2.75) is 25.8 Å². The highest BCUT2D eigenvalue weighted by molar-refractivity contribution is 6.04. The predicted octanol–water partition coefficient (Wildman–Crippen LogP) is 2.26. The molecule has 1 saturated heterocycles. The largest absolute Gasteiger partial charge is 0.497 e. The van der Waals surface area contributed by atoms with Gasteiger partial charge in [-0.2, -0.15) is 0 Å². The number of ether oxygens (including phenoxy) is 1. The molecule has 186 valence electrons. The molecule has 5 N–H and O–H groups in total. The number of benzene rings is 1. The molecule has 1 unspecified atom stereocenters. The van der Waals surface area contributed by atoms with E-state index >= 15 is 0 Å². The smallest absolute Gasteiger partial charge is 0.269 e.